The fourth-order valence-electron chi connectivity index (χ4n) is 3.03. The van der Waals surface area contributed by atoms with E-state index in [9.17, 15) is 0 Å². The second kappa shape index (κ2) is 8.23. The van der Waals surface area contributed by atoms with E-state index in [4.69, 9.17) is 9.47 Å². The average molecular weight is 271 g/mol. The van der Waals surface area contributed by atoms with Crippen LogP contribution in [-0.2, 0) is 9.47 Å². The van der Waals surface area contributed by atoms with Gasteiger partial charge in [-0.15, -0.1) is 0 Å². The first kappa shape index (κ1) is 16.9. The summed E-state index contributed by atoms with van der Waals surface area (Å²) in [6, 6.07) is 0.516. The van der Waals surface area contributed by atoms with Gasteiger partial charge in [0.25, 0.3) is 0 Å². The van der Waals surface area contributed by atoms with E-state index in [2.05, 4.69) is 33.0 Å². The van der Waals surface area contributed by atoms with Gasteiger partial charge in [-0.3, -0.25) is 0 Å². The molecule has 1 fully saturated rings. The van der Waals surface area contributed by atoms with E-state index < -0.39 is 0 Å². The molecule has 1 saturated carbocycles. The summed E-state index contributed by atoms with van der Waals surface area (Å²) in [5.41, 5.74) is 0.0217. The standard InChI is InChI=1S/C16H33NO2/c1-6-15-7-9-16(10-8-15,12-17-13(2)3)19-14(4)11-18-5/h13-15,17H,6-12H2,1-5H3. The van der Waals surface area contributed by atoms with Crippen molar-refractivity contribution in [1.29, 1.82) is 0 Å². The normalized spacial score (nSPS) is 29.7. The minimum Gasteiger partial charge on any atom is -0.382 e. The molecule has 0 bridgehead atoms. The molecule has 3 nitrogen and oxygen atoms in total. The van der Waals surface area contributed by atoms with Crippen LogP contribution in [0.1, 0.15) is 59.8 Å². The van der Waals surface area contributed by atoms with Crippen LogP contribution in [-0.4, -0.2) is 38.0 Å². The monoisotopic (exact) mass is 271 g/mol. The molecule has 1 rings (SSSR count). The number of ether oxygens (including phenoxy) is 2. The highest BCUT2D eigenvalue weighted by atomic mass is 16.5. The molecule has 3 heteroatoms. The lowest BCUT2D eigenvalue weighted by Gasteiger charge is -2.42. The molecule has 0 saturated heterocycles. The van der Waals surface area contributed by atoms with Crippen LogP contribution in [0.2, 0.25) is 0 Å². The maximum Gasteiger partial charge on any atom is 0.0811 e. The van der Waals surface area contributed by atoms with Crippen LogP contribution in [0.4, 0.5) is 0 Å². The van der Waals surface area contributed by atoms with Gasteiger partial charge in [0, 0.05) is 19.7 Å². The lowest BCUT2D eigenvalue weighted by atomic mass is 9.77. The zero-order valence-corrected chi connectivity index (χ0v) is 13.5. The largest absolute Gasteiger partial charge is 0.382 e. The zero-order valence-electron chi connectivity index (χ0n) is 13.5. The Kier molecular flexibility index (Phi) is 7.33. The molecule has 114 valence electrons. The van der Waals surface area contributed by atoms with Gasteiger partial charge in [0.1, 0.15) is 0 Å². The number of rotatable bonds is 8. The summed E-state index contributed by atoms with van der Waals surface area (Å²) < 4.78 is 11.6. The van der Waals surface area contributed by atoms with Crippen molar-refractivity contribution in [3.63, 3.8) is 0 Å². The quantitative estimate of drug-likeness (QED) is 0.734. The molecular formula is C16H33NO2. The Morgan fingerprint density at radius 1 is 1.21 bits per heavy atom. The van der Waals surface area contributed by atoms with Crippen molar-refractivity contribution in [2.45, 2.75) is 77.5 Å². The van der Waals surface area contributed by atoms with Gasteiger partial charge in [-0.05, 0) is 38.5 Å². The lowest BCUT2D eigenvalue weighted by Crippen LogP contribution is -2.49. The molecule has 0 aromatic carbocycles. The molecule has 0 aliphatic heterocycles. The highest BCUT2D eigenvalue weighted by Gasteiger charge is 2.37. The Morgan fingerprint density at radius 2 is 1.84 bits per heavy atom. The predicted octanol–water partition coefficient (Wildman–Crippen LogP) is 3.37. The molecule has 1 atom stereocenters. The summed E-state index contributed by atoms with van der Waals surface area (Å²) in [5, 5.41) is 3.57. The van der Waals surface area contributed by atoms with Crippen molar-refractivity contribution in [2.75, 3.05) is 20.3 Å². The first-order chi connectivity index (χ1) is 9.01. The average Bonchev–Trinajstić information content (AvgIpc) is 2.38. The van der Waals surface area contributed by atoms with Gasteiger partial charge in [-0.1, -0.05) is 27.2 Å². The van der Waals surface area contributed by atoms with Crippen molar-refractivity contribution in [3.8, 4) is 0 Å². The van der Waals surface area contributed by atoms with Crippen LogP contribution in [0.25, 0.3) is 0 Å². The van der Waals surface area contributed by atoms with Crippen LogP contribution < -0.4 is 5.32 Å². The lowest BCUT2D eigenvalue weighted by molar-refractivity contribution is -0.128. The van der Waals surface area contributed by atoms with E-state index in [1.165, 1.54) is 32.1 Å². The summed E-state index contributed by atoms with van der Waals surface area (Å²) in [6.45, 7) is 10.5. The van der Waals surface area contributed by atoms with Gasteiger partial charge in [0.15, 0.2) is 0 Å². The van der Waals surface area contributed by atoms with E-state index in [1.54, 1.807) is 7.11 Å². The van der Waals surface area contributed by atoms with Crippen LogP contribution >= 0.6 is 0 Å². The van der Waals surface area contributed by atoms with E-state index in [-0.39, 0.29) is 11.7 Å². The second-order valence-electron chi connectivity index (χ2n) is 6.45. The molecular weight excluding hydrogens is 238 g/mol. The van der Waals surface area contributed by atoms with Crippen molar-refractivity contribution >= 4 is 0 Å². The van der Waals surface area contributed by atoms with E-state index in [0.717, 1.165) is 12.5 Å². The van der Waals surface area contributed by atoms with E-state index >= 15 is 0 Å². The highest BCUT2D eigenvalue weighted by molar-refractivity contribution is 4.90. The van der Waals surface area contributed by atoms with Gasteiger partial charge >= 0.3 is 0 Å². The van der Waals surface area contributed by atoms with Crippen LogP contribution in [0.3, 0.4) is 0 Å². The molecule has 1 aliphatic carbocycles. The van der Waals surface area contributed by atoms with E-state index in [0.29, 0.717) is 12.6 Å². The fourth-order valence-corrected chi connectivity index (χ4v) is 3.03. The van der Waals surface area contributed by atoms with Crippen molar-refractivity contribution in [2.24, 2.45) is 5.92 Å². The maximum atomic E-state index is 6.38. The number of nitrogens with one attached hydrogen (secondary N) is 1. The molecule has 0 spiro atoms. The minimum absolute atomic E-state index is 0.0217. The van der Waals surface area contributed by atoms with Crippen molar-refractivity contribution in [1.82, 2.24) is 5.32 Å². The zero-order chi connectivity index (χ0) is 14.3. The SMILES string of the molecule is CCC1CCC(CNC(C)C)(OC(C)COC)CC1. The Hall–Kier alpha value is -0.120. The predicted molar refractivity (Wildman–Crippen MR) is 80.5 cm³/mol. The number of hydrogen-bond acceptors (Lipinski definition) is 3. The Bertz CT molecular complexity index is 235. The van der Waals surface area contributed by atoms with E-state index in [1.807, 2.05) is 0 Å². The van der Waals surface area contributed by atoms with Gasteiger partial charge < -0.3 is 14.8 Å². The molecule has 0 aromatic heterocycles. The van der Waals surface area contributed by atoms with Gasteiger partial charge in [-0.25, -0.2) is 0 Å². The highest BCUT2D eigenvalue weighted by Crippen LogP contribution is 2.36. The smallest absolute Gasteiger partial charge is 0.0811 e. The third-order valence-electron chi connectivity index (χ3n) is 4.28. The van der Waals surface area contributed by atoms with Crippen LogP contribution in [0.15, 0.2) is 0 Å². The minimum atomic E-state index is 0.0217. The van der Waals surface area contributed by atoms with Gasteiger partial charge in [-0.2, -0.15) is 0 Å². The molecule has 1 N–H and O–H groups in total. The van der Waals surface area contributed by atoms with Crippen LogP contribution in [0, 0.1) is 5.92 Å². The first-order valence-electron chi connectivity index (χ1n) is 7.91. The summed E-state index contributed by atoms with van der Waals surface area (Å²) >= 11 is 0. The summed E-state index contributed by atoms with van der Waals surface area (Å²) in [6.07, 6.45) is 6.45. The third kappa shape index (κ3) is 5.80. The first-order valence-corrected chi connectivity index (χ1v) is 7.91. The third-order valence-corrected chi connectivity index (χ3v) is 4.28. The summed E-state index contributed by atoms with van der Waals surface area (Å²) in [7, 11) is 1.74. The Balaban J connectivity index is 2.57. The fraction of sp³-hybridized carbons (Fsp3) is 1.00. The Labute approximate surface area is 119 Å². The second-order valence-corrected chi connectivity index (χ2v) is 6.45. The molecule has 1 unspecified atom stereocenters. The molecule has 0 aromatic rings. The van der Waals surface area contributed by atoms with Gasteiger partial charge in [0.2, 0.25) is 0 Å². The number of hydrogen-bond donors (Lipinski definition) is 1. The summed E-state index contributed by atoms with van der Waals surface area (Å²) in [5.74, 6) is 0.897. The molecule has 0 heterocycles. The molecule has 0 amide bonds. The van der Waals surface area contributed by atoms with Crippen molar-refractivity contribution < 1.29 is 9.47 Å². The topological polar surface area (TPSA) is 30.5 Å². The Morgan fingerprint density at radius 3 is 2.32 bits per heavy atom. The maximum absolute atomic E-state index is 6.38. The molecule has 1 aliphatic rings. The summed E-state index contributed by atoms with van der Waals surface area (Å²) in [4.78, 5) is 0. The van der Waals surface area contributed by atoms with Crippen molar-refractivity contribution in [3.05, 3.63) is 0 Å². The molecule has 19 heavy (non-hydrogen) atoms. The van der Waals surface area contributed by atoms with Gasteiger partial charge in [0.05, 0.1) is 18.3 Å². The molecule has 0 radical (unpaired) electrons. The van der Waals surface area contributed by atoms with Crippen LogP contribution in [0.5, 0.6) is 0 Å². The number of methoxy groups -OCH3 is 1.